The van der Waals surface area contributed by atoms with E-state index in [9.17, 15) is 4.79 Å². The highest BCUT2D eigenvalue weighted by atomic mass is 35.5. The first kappa shape index (κ1) is 24.5. The molecule has 1 atom stereocenters. The highest BCUT2D eigenvalue weighted by Gasteiger charge is 2.38. The average molecular weight is 461 g/mol. The van der Waals surface area contributed by atoms with E-state index in [0.29, 0.717) is 16.0 Å². The summed E-state index contributed by atoms with van der Waals surface area (Å²) < 4.78 is 11.4. The van der Waals surface area contributed by atoms with Crippen LogP contribution in [0.2, 0.25) is 28.2 Å². The van der Waals surface area contributed by atoms with Gasteiger partial charge < -0.3 is 14.1 Å². The Labute approximate surface area is 187 Å². The van der Waals surface area contributed by atoms with E-state index in [0.717, 1.165) is 43.8 Å². The van der Waals surface area contributed by atoms with Crippen LogP contribution in [0, 0.1) is 5.92 Å². The number of hydrogen-bond donors (Lipinski definition) is 0. The zero-order chi connectivity index (χ0) is 22.0. The highest BCUT2D eigenvalue weighted by molar-refractivity contribution is 6.74. The second kappa shape index (κ2) is 9.59. The molecule has 164 valence electrons. The zero-order valence-corrected chi connectivity index (χ0v) is 21.3. The number of esters is 1. The number of rotatable bonds is 6. The molecule has 1 aliphatic rings. The van der Waals surface area contributed by atoms with E-state index in [1.165, 1.54) is 7.11 Å². The summed E-state index contributed by atoms with van der Waals surface area (Å²) in [6.07, 6.45) is 2.08. The molecule has 7 heteroatoms. The molecule has 0 radical (unpaired) electrons. The predicted octanol–water partition coefficient (Wildman–Crippen LogP) is 6.51. The normalized spacial score (nSPS) is 17.3. The first-order valence-corrected chi connectivity index (χ1v) is 14.0. The van der Waals surface area contributed by atoms with Crippen LogP contribution in [0.3, 0.4) is 0 Å². The van der Waals surface area contributed by atoms with Crippen LogP contribution in [0.1, 0.15) is 52.0 Å². The quantitative estimate of drug-likeness (QED) is 0.358. The summed E-state index contributed by atoms with van der Waals surface area (Å²) in [6.45, 7) is 15.8. The topological polar surface area (TPSA) is 38.8 Å². The van der Waals surface area contributed by atoms with Crippen LogP contribution in [-0.4, -0.2) is 41.1 Å². The fourth-order valence-electron chi connectivity index (χ4n) is 3.42. The number of carbonyl (C=O) groups excluding carboxylic acids is 1. The molecule has 0 aliphatic carbocycles. The van der Waals surface area contributed by atoms with Gasteiger partial charge in [-0.2, -0.15) is 0 Å². The van der Waals surface area contributed by atoms with Crippen molar-refractivity contribution in [2.45, 2.75) is 64.6 Å². The van der Waals surface area contributed by atoms with Crippen LogP contribution in [0.5, 0.6) is 0 Å². The van der Waals surface area contributed by atoms with Crippen LogP contribution in [0.4, 0.5) is 5.69 Å². The van der Waals surface area contributed by atoms with Gasteiger partial charge in [-0.05, 0) is 61.5 Å². The number of nitrogens with zero attached hydrogens (tertiary/aromatic N) is 1. The molecule has 1 aromatic rings. The summed E-state index contributed by atoms with van der Waals surface area (Å²) in [4.78, 5) is 14.4. The maximum Gasteiger partial charge on any atom is 0.312 e. The van der Waals surface area contributed by atoms with Crippen molar-refractivity contribution in [2.24, 2.45) is 5.92 Å². The van der Waals surface area contributed by atoms with E-state index in [1.807, 2.05) is 13.0 Å². The van der Waals surface area contributed by atoms with Gasteiger partial charge in [-0.25, -0.2) is 0 Å². The van der Waals surface area contributed by atoms with Gasteiger partial charge in [-0.1, -0.05) is 44.0 Å². The summed E-state index contributed by atoms with van der Waals surface area (Å²) in [5, 5.41) is 1.34. The Hall–Kier alpha value is -0.753. The van der Waals surface area contributed by atoms with Crippen molar-refractivity contribution in [1.29, 1.82) is 0 Å². The largest absolute Gasteiger partial charge is 0.469 e. The molecule has 29 heavy (non-hydrogen) atoms. The molecule has 0 aromatic heterocycles. The summed E-state index contributed by atoms with van der Waals surface area (Å²) in [5.74, 6) is -0.166. The van der Waals surface area contributed by atoms with E-state index in [-0.39, 0.29) is 11.0 Å². The van der Waals surface area contributed by atoms with Gasteiger partial charge in [0.1, 0.15) is 0 Å². The number of hydrogen-bond acceptors (Lipinski definition) is 4. The third kappa shape index (κ3) is 5.90. The Morgan fingerprint density at radius 3 is 2.34 bits per heavy atom. The lowest BCUT2D eigenvalue weighted by atomic mass is 9.94. The monoisotopic (exact) mass is 459 g/mol. The first-order chi connectivity index (χ1) is 13.4. The van der Waals surface area contributed by atoms with Gasteiger partial charge in [0.2, 0.25) is 0 Å². The summed E-state index contributed by atoms with van der Waals surface area (Å²) in [6, 6.07) is 3.58. The van der Waals surface area contributed by atoms with E-state index in [2.05, 4.69) is 38.8 Å². The smallest absolute Gasteiger partial charge is 0.312 e. The number of piperidine rings is 1. The summed E-state index contributed by atoms with van der Waals surface area (Å²) >= 11 is 12.8. The Morgan fingerprint density at radius 1 is 1.24 bits per heavy atom. The molecule has 1 unspecified atom stereocenters. The Bertz CT molecular complexity index is 726. The molecule has 0 amide bonds. The lowest BCUT2D eigenvalue weighted by molar-refractivity contribution is -0.141. The minimum Gasteiger partial charge on any atom is -0.469 e. The third-order valence-electron chi connectivity index (χ3n) is 6.50. The zero-order valence-electron chi connectivity index (χ0n) is 18.8. The molecule has 0 bridgehead atoms. The molecular formula is C22H35Cl2NO3Si. The molecule has 2 rings (SSSR count). The van der Waals surface area contributed by atoms with Crippen molar-refractivity contribution in [3.63, 3.8) is 0 Å². The van der Waals surface area contributed by atoms with E-state index >= 15 is 0 Å². The van der Waals surface area contributed by atoms with E-state index < -0.39 is 14.2 Å². The maximum atomic E-state index is 12.1. The summed E-state index contributed by atoms with van der Waals surface area (Å²) in [7, 11) is -0.325. The number of benzene rings is 1. The van der Waals surface area contributed by atoms with Gasteiger partial charge in [0.05, 0.1) is 23.7 Å². The van der Waals surface area contributed by atoms with Crippen LogP contribution >= 0.6 is 23.2 Å². The average Bonchev–Trinajstić information content (AvgIpc) is 2.64. The fourth-order valence-corrected chi connectivity index (χ4v) is 5.13. The molecule has 0 N–H and O–H groups in total. The van der Waals surface area contributed by atoms with Crippen molar-refractivity contribution in [3.8, 4) is 0 Å². The predicted molar refractivity (Wildman–Crippen MR) is 125 cm³/mol. The lowest BCUT2D eigenvalue weighted by Gasteiger charge is -2.40. The van der Waals surface area contributed by atoms with Crippen LogP contribution in [0.15, 0.2) is 12.1 Å². The van der Waals surface area contributed by atoms with Crippen molar-refractivity contribution in [3.05, 3.63) is 27.7 Å². The Balaban J connectivity index is 2.10. The number of ether oxygens (including phenoxy) is 1. The van der Waals surface area contributed by atoms with Gasteiger partial charge in [-0.15, -0.1) is 0 Å². The second-order valence-corrected chi connectivity index (χ2v) is 15.2. The van der Waals surface area contributed by atoms with Crippen LogP contribution in [0.25, 0.3) is 0 Å². The molecule has 1 heterocycles. The highest BCUT2D eigenvalue weighted by Crippen LogP contribution is 2.40. The van der Waals surface area contributed by atoms with Gasteiger partial charge in [0, 0.05) is 24.7 Å². The fraction of sp³-hybridized carbons (Fsp3) is 0.682. The number of halogens is 2. The van der Waals surface area contributed by atoms with Crippen molar-refractivity contribution >= 4 is 43.2 Å². The van der Waals surface area contributed by atoms with Crippen molar-refractivity contribution in [2.75, 3.05) is 31.7 Å². The standard InChI is InChI=1S/C22H35Cl2NO3Si/c1-15(21(26)27-5)18-12-17(23)13-19(24)20(18)25-10-8-16(9-11-25)14-28-29(6,7)22(2,3)4/h12-13,15-16H,8-11,14H2,1-7H3. The van der Waals surface area contributed by atoms with Gasteiger partial charge in [0.25, 0.3) is 0 Å². The van der Waals surface area contributed by atoms with Crippen LogP contribution < -0.4 is 4.90 Å². The van der Waals surface area contributed by atoms with Crippen molar-refractivity contribution < 1.29 is 14.0 Å². The molecular weight excluding hydrogens is 425 g/mol. The Kier molecular flexibility index (Phi) is 8.11. The number of anilines is 1. The minimum atomic E-state index is -1.73. The molecule has 1 saturated heterocycles. The minimum absolute atomic E-state index is 0.226. The molecule has 1 aromatic carbocycles. The molecule has 1 aliphatic heterocycles. The molecule has 4 nitrogen and oxygen atoms in total. The number of carbonyl (C=O) groups is 1. The SMILES string of the molecule is COC(=O)C(C)c1cc(Cl)cc(Cl)c1N1CCC(CO[Si](C)(C)C(C)(C)C)CC1. The second-order valence-electron chi connectivity index (χ2n) is 9.57. The summed E-state index contributed by atoms with van der Waals surface area (Å²) in [5.41, 5.74) is 1.73. The van der Waals surface area contributed by atoms with Gasteiger partial charge in [-0.3, -0.25) is 4.79 Å². The first-order valence-electron chi connectivity index (χ1n) is 10.3. The number of methoxy groups -OCH3 is 1. The van der Waals surface area contributed by atoms with E-state index in [1.54, 1.807) is 6.07 Å². The Morgan fingerprint density at radius 2 is 1.83 bits per heavy atom. The van der Waals surface area contributed by atoms with Crippen LogP contribution in [-0.2, 0) is 14.0 Å². The van der Waals surface area contributed by atoms with E-state index in [4.69, 9.17) is 32.4 Å². The maximum absolute atomic E-state index is 12.1. The lowest BCUT2D eigenvalue weighted by Crippen LogP contribution is -2.43. The molecule has 0 saturated carbocycles. The third-order valence-corrected chi connectivity index (χ3v) is 11.5. The van der Waals surface area contributed by atoms with Gasteiger partial charge in [0.15, 0.2) is 8.32 Å². The van der Waals surface area contributed by atoms with Crippen molar-refractivity contribution in [1.82, 2.24) is 0 Å². The van der Waals surface area contributed by atoms with Gasteiger partial charge >= 0.3 is 5.97 Å². The molecule has 0 spiro atoms. The molecule has 1 fully saturated rings.